The Morgan fingerprint density at radius 1 is 0.568 bits per heavy atom. The second-order valence-electron chi connectivity index (χ2n) is 15.0. The number of rotatable bonds is 4. The summed E-state index contributed by atoms with van der Waals surface area (Å²) in [5, 5.41) is 0. The van der Waals surface area contributed by atoms with Crippen LogP contribution in [0.2, 0.25) is 0 Å². The molecular formula is C39H64ClO4-. The molecule has 44 heavy (non-hydrogen) atoms. The lowest BCUT2D eigenvalue weighted by molar-refractivity contribution is -0.125. The van der Waals surface area contributed by atoms with Crippen LogP contribution in [0.4, 0.5) is 0 Å². The molecule has 6 aliphatic rings. The molecule has 0 heterocycles. The van der Waals surface area contributed by atoms with Gasteiger partial charge in [0.25, 0.3) is 0 Å². The Hall–Kier alpha value is -1.13. The molecule has 0 spiro atoms. The molecule has 6 rings (SSSR count). The van der Waals surface area contributed by atoms with E-state index in [4.69, 9.17) is 4.74 Å². The van der Waals surface area contributed by atoms with E-state index in [9.17, 15) is 9.59 Å². The van der Waals surface area contributed by atoms with Gasteiger partial charge in [-0.15, -0.1) is 0 Å². The van der Waals surface area contributed by atoms with E-state index in [0.29, 0.717) is 17.5 Å². The summed E-state index contributed by atoms with van der Waals surface area (Å²) in [7, 11) is 3.46. The van der Waals surface area contributed by atoms with Crippen molar-refractivity contribution in [3.8, 4) is 0 Å². The molecule has 0 saturated heterocycles. The highest BCUT2D eigenvalue weighted by Gasteiger charge is 2.39. The van der Waals surface area contributed by atoms with Crippen LogP contribution in [0.15, 0.2) is 23.5 Å². The number of Topliss-reactive ketones (excluding diaryl/α,β-unsaturated/α-hetero) is 2. The first-order chi connectivity index (χ1) is 20.9. The van der Waals surface area contributed by atoms with Gasteiger partial charge in [0.1, 0.15) is 11.6 Å². The van der Waals surface area contributed by atoms with E-state index in [1.54, 1.807) is 19.8 Å². The van der Waals surface area contributed by atoms with Gasteiger partial charge < -0.3 is 21.9 Å². The minimum Gasteiger partial charge on any atom is -1.00 e. The molecule has 6 aliphatic carbocycles. The summed E-state index contributed by atoms with van der Waals surface area (Å²) in [4.78, 5) is 22.8. The van der Waals surface area contributed by atoms with Gasteiger partial charge in [-0.05, 0) is 169 Å². The number of ether oxygens (including phenoxy) is 2. The number of methoxy groups -OCH3 is 2. The minimum absolute atomic E-state index is 0. The number of ketones is 2. The van der Waals surface area contributed by atoms with Crippen LogP contribution in [0.1, 0.15) is 142 Å². The summed E-state index contributed by atoms with van der Waals surface area (Å²) in [5.74, 6) is 8.25. The number of fused-ring (bicyclic) bond motifs is 2. The highest BCUT2D eigenvalue weighted by Crippen LogP contribution is 2.49. The average Bonchev–Trinajstić information content (AvgIpc) is 3.05. The summed E-state index contributed by atoms with van der Waals surface area (Å²) in [6.45, 7) is 5.01. The quantitative estimate of drug-likeness (QED) is 0.246. The van der Waals surface area contributed by atoms with Gasteiger partial charge in [0.05, 0.1) is 13.4 Å². The molecule has 0 aliphatic heterocycles. The standard InChI is InChI=1S/C20H32O.C16H24O2.C3H8O.ClH/c1-3-15-4-9-20-13-19(11-10-18(20)12-15)17-7-5-16(6-8-17)14-21-2;17-15-6-3-11(4-7-15)12-1-2-14-10-16(18)8-5-13(14)9-12;1-3-4-2;/h3,14,17-20H,4-13H2,1-2H3;11-14H,1-10H2;3H2,1-2H3;1H/p-1. The van der Waals surface area contributed by atoms with Crippen molar-refractivity contribution in [3.63, 3.8) is 0 Å². The van der Waals surface area contributed by atoms with E-state index in [1.807, 2.05) is 13.2 Å². The maximum absolute atomic E-state index is 11.5. The van der Waals surface area contributed by atoms with Crippen molar-refractivity contribution in [2.24, 2.45) is 47.3 Å². The number of halogens is 1. The van der Waals surface area contributed by atoms with Crippen LogP contribution in [-0.4, -0.2) is 32.4 Å². The Balaban J connectivity index is 0.000000212. The Kier molecular flexibility index (Phi) is 16.6. The summed E-state index contributed by atoms with van der Waals surface area (Å²) >= 11 is 0. The molecule has 4 nitrogen and oxygen atoms in total. The SMILES string of the molecule is CC=C1CCC2CC(C3CCC(=COC)CC3)CCC2C1.CCOC.O=C1CCC(C2CCC3CC(=O)CCC3C2)CC1.[Cl-]. The lowest BCUT2D eigenvalue weighted by Crippen LogP contribution is -3.00. The maximum Gasteiger partial charge on any atom is 0.133 e. The predicted molar refractivity (Wildman–Crippen MR) is 177 cm³/mol. The lowest BCUT2D eigenvalue weighted by Gasteiger charge is -2.43. The van der Waals surface area contributed by atoms with Crippen LogP contribution >= 0.6 is 0 Å². The van der Waals surface area contributed by atoms with Gasteiger partial charge in [-0.1, -0.05) is 11.6 Å². The Morgan fingerprint density at radius 3 is 1.50 bits per heavy atom. The van der Waals surface area contributed by atoms with E-state index in [2.05, 4.69) is 17.7 Å². The summed E-state index contributed by atoms with van der Waals surface area (Å²) in [6, 6.07) is 0. The zero-order chi connectivity index (χ0) is 30.6. The number of carbonyl (C=O) groups is 2. The molecule has 0 amide bonds. The number of allylic oxidation sites excluding steroid dienone is 3. The second-order valence-corrected chi connectivity index (χ2v) is 15.0. The molecule has 6 saturated carbocycles. The fourth-order valence-corrected chi connectivity index (χ4v) is 9.84. The van der Waals surface area contributed by atoms with Gasteiger partial charge in [0.2, 0.25) is 0 Å². The van der Waals surface area contributed by atoms with Gasteiger partial charge in [-0.2, -0.15) is 0 Å². The molecule has 6 atom stereocenters. The van der Waals surface area contributed by atoms with E-state index in [-0.39, 0.29) is 12.4 Å². The van der Waals surface area contributed by atoms with Crippen molar-refractivity contribution < 1.29 is 31.5 Å². The molecule has 0 aromatic rings. The van der Waals surface area contributed by atoms with Gasteiger partial charge in [-0.3, -0.25) is 9.59 Å². The number of carbonyl (C=O) groups excluding carboxylic acids is 2. The van der Waals surface area contributed by atoms with Crippen LogP contribution in [0.25, 0.3) is 0 Å². The first kappa shape index (κ1) is 37.3. The smallest absolute Gasteiger partial charge is 0.133 e. The normalized spacial score (nSPS) is 35.0. The Bertz CT molecular complexity index is 916. The molecule has 0 aromatic heterocycles. The monoisotopic (exact) mass is 631 g/mol. The number of hydrogen-bond acceptors (Lipinski definition) is 4. The zero-order valence-corrected chi connectivity index (χ0v) is 29.4. The van der Waals surface area contributed by atoms with Crippen molar-refractivity contribution in [3.05, 3.63) is 23.5 Å². The predicted octanol–water partition coefficient (Wildman–Crippen LogP) is 7.06. The van der Waals surface area contributed by atoms with Gasteiger partial charge >= 0.3 is 0 Å². The van der Waals surface area contributed by atoms with E-state index >= 15 is 0 Å². The first-order valence-electron chi connectivity index (χ1n) is 18.3. The average molecular weight is 632 g/mol. The van der Waals surface area contributed by atoms with Crippen molar-refractivity contribution in [1.29, 1.82) is 0 Å². The molecule has 6 unspecified atom stereocenters. The van der Waals surface area contributed by atoms with Crippen molar-refractivity contribution in [2.75, 3.05) is 20.8 Å². The highest BCUT2D eigenvalue weighted by atomic mass is 35.5. The largest absolute Gasteiger partial charge is 1.00 e. The third kappa shape index (κ3) is 11.0. The topological polar surface area (TPSA) is 52.6 Å². The first-order valence-corrected chi connectivity index (χ1v) is 18.3. The molecule has 5 heteroatoms. The third-order valence-corrected chi connectivity index (χ3v) is 12.6. The van der Waals surface area contributed by atoms with Crippen molar-refractivity contribution in [1.82, 2.24) is 0 Å². The van der Waals surface area contributed by atoms with Crippen LogP contribution in [0.3, 0.4) is 0 Å². The molecule has 0 N–H and O–H groups in total. The van der Waals surface area contributed by atoms with Crippen LogP contribution in [0, 0.1) is 47.3 Å². The molecule has 0 bridgehead atoms. The zero-order valence-electron chi connectivity index (χ0n) is 28.6. The highest BCUT2D eigenvalue weighted by molar-refractivity contribution is 5.79. The van der Waals surface area contributed by atoms with E-state index in [1.165, 1.54) is 89.0 Å². The van der Waals surface area contributed by atoms with Crippen molar-refractivity contribution in [2.45, 2.75) is 142 Å². The fourth-order valence-electron chi connectivity index (χ4n) is 9.84. The Labute approximate surface area is 276 Å². The second kappa shape index (κ2) is 19.5. The van der Waals surface area contributed by atoms with Gasteiger partial charge in [0.15, 0.2) is 0 Å². The molecule has 252 valence electrons. The van der Waals surface area contributed by atoms with E-state index < -0.39 is 0 Å². The summed E-state index contributed by atoms with van der Waals surface area (Å²) in [5.41, 5.74) is 3.28. The van der Waals surface area contributed by atoms with E-state index in [0.717, 1.165) is 93.0 Å². The van der Waals surface area contributed by atoms with Crippen LogP contribution < -0.4 is 12.4 Å². The van der Waals surface area contributed by atoms with Gasteiger partial charge in [-0.25, -0.2) is 0 Å². The minimum atomic E-state index is 0. The molecule has 6 fully saturated rings. The fraction of sp³-hybridized carbons (Fsp3) is 0.846. The van der Waals surface area contributed by atoms with Crippen LogP contribution in [-0.2, 0) is 19.1 Å². The molecule has 0 radical (unpaired) electrons. The maximum atomic E-state index is 11.5. The lowest BCUT2D eigenvalue weighted by atomic mass is 9.62. The number of hydrogen-bond donors (Lipinski definition) is 0. The molecular weight excluding hydrogens is 568 g/mol. The summed E-state index contributed by atoms with van der Waals surface area (Å²) in [6.07, 6.45) is 29.3. The summed E-state index contributed by atoms with van der Waals surface area (Å²) < 4.78 is 9.73. The molecule has 0 aromatic carbocycles. The Morgan fingerprint density at radius 2 is 0.977 bits per heavy atom. The van der Waals surface area contributed by atoms with Gasteiger partial charge in [0, 0.05) is 39.4 Å². The van der Waals surface area contributed by atoms with Crippen LogP contribution in [0.5, 0.6) is 0 Å². The van der Waals surface area contributed by atoms with Crippen molar-refractivity contribution >= 4 is 11.6 Å². The third-order valence-electron chi connectivity index (χ3n) is 12.6.